The third kappa shape index (κ3) is 2.15. The molecule has 1 aromatic heterocycles. The fourth-order valence-electron chi connectivity index (χ4n) is 2.94. The Morgan fingerprint density at radius 2 is 2.28 bits per heavy atom. The van der Waals surface area contributed by atoms with Crippen molar-refractivity contribution < 1.29 is 4.42 Å². The molecule has 2 unspecified atom stereocenters. The van der Waals surface area contributed by atoms with E-state index in [-0.39, 0.29) is 0 Å². The first-order valence-electron chi connectivity index (χ1n) is 6.67. The van der Waals surface area contributed by atoms with Gasteiger partial charge in [0.15, 0.2) is 0 Å². The molecule has 0 radical (unpaired) electrons. The van der Waals surface area contributed by atoms with Crippen LogP contribution in [0.25, 0.3) is 11.0 Å². The molecule has 1 fully saturated rings. The molecule has 2 heterocycles. The summed E-state index contributed by atoms with van der Waals surface area (Å²) in [5.41, 5.74) is 0.947. The van der Waals surface area contributed by atoms with Gasteiger partial charge in [-0.25, -0.2) is 0 Å². The Hall–Kier alpha value is -0.990. The molecule has 1 aliphatic heterocycles. The van der Waals surface area contributed by atoms with Gasteiger partial charge in [0.25, 0.3) is 0 Å². The van der Waals surface area contributed by atoms with Crippen LogP contribution in [0.3, 0.4) is 0 Å². The van der Waals surface area contributed by atoms with Crippen molar-refractivity contribution in [1.82, 2.24) is 5.32 Å². The highest BCUT2D eigenvalue weighted by Gasteiger charge is 2.27. The fraction of sp³-hybridized carbons (Fsp3) is 0.467. The third-order valence-corrected chi connectivity index (χ3v) is 4.23. The predicted molar refractivity (Wildman–Crippen MR) is 75.2 cm³/mol. The lowest BCUT2D eigenvalue weighted by atomic mass is 9.83. The van der Waals surface area contributed by atoms with Crippen LogP contribution in [0, 0.1) is 5.92 Å². The van der Waals surface area contributed by atoms with Crippen molar-refractivity contribution in [3.8, 4) is 0 Å². The smallest absolute Gasteiger partial charge is 0.134 e. The number of furan rings is 1. The van der Waals surface area contributed by atoms with Gasteiger partial charge in [-0.2, -0.15) is 0 Å². The average Bonchev–Trinajstić information content (AvgIpc) is 2.81. The monoisotopic (exact) mass is 263 g/mol. The van der Waals surface area contributed by atoms with Gasteiger partial charge >= 0.3 is 0 Å². The van der Waals surface area contributed by atoms with E-state index >= 15 is 0 Å². The van der Waals surface area contributed by atoms with Crippen molar-refractivity contribution in [2.24, 2.45) is 5.92 Å². The Kier molecular flexibility index (Phi) is 3.31. The molecule has 0 bridgehead atoms. The first-order chi connectivity index (χ1) is 8.78. The second kappa shape index (κ2) is 4.94. The summed E-state index contributed by atoms with van der Waals surface area (Å²) in [5.74, 6) is 2.35. The molecular weight excluding hydrogens is 246 g/mol. The van der Waals surface area contributed by atoms with Crippen LogP contribution >= 0.6 is 11.6 Å². The lowest BCUT2D eigenvalue weighted by Crippen LogP contribution is -2.34. The molecule has 0 aliphatic carbocycles. The molecule has 1 aliphatic rings. The number of rotatable bonds is 2. The molecule has 1 saturated heterocycles. The summed E-state index contributed by atoms with van der Waals surface area (Å²) >= 11 is 6.02. The van der Waals surface area contributed by atoms with Crippen molar-refractivity contribution in [3.05, 3.63) is 35.0 Å². The minimum atomic E-state index is 0.544. The highest BCUT2D eigenvalue weighted by Crippen LogP contribution is 2.35. The molecular formula is C15H18ClNO. The summed E-state index contributed by atoms with van der Waals surface area (Å²) in [5, 5.41) is 5.35. The van der Waals surface area contributed by atoms with Crippen LogP contribution in [0.1, 0.15) is 31.4 Å². The van der Waals surface area contributed by atoms with Crippen LogP contribution in [0.5, 0.6) is 0 Å². The number of hydrogen-bond acceptors (Lipinski definition) is 2. The number of nitrogens with one attached hydrogen (secondary N) is 1. The molecule has 2 aromatic rings. The summed E-state index contributed by atoms with van der Waals surface area (Å²) in [6.45, 7) is 4.43. The van der Waals surface area contributed by atoms with Crippen molar-refractivity contribution >= 4 is 22.6 Å². The summed E-state index contributed by atoms with van der Waals surface area (Å²) in [4.78, 5) is 0. The van der Waals surface area contributed by atoms with E-state index in [2.05, 4.69) is 18.3 Å². The SMILES string of the molecule is CCC1CNCCC1c1cc2cc(Cl)ccc2o1. The zero-order valence-corrected chi connectivity index (χ0v) is 11.3. The van der Waals surface area contributed by atoms with Gasteiger partial charge in [-0.1, -0.05) is 24.9 Å². The summed E-state index contributed by atoms with van der Waals surface area (Å²) < 4.78 is 6.01. The van der Waals surface area contributed by atoms with E-state index in [1.54, 1.807) is 0 Å². The summed E-state index contributed by atoms with van der Waals surface area (Å²) in [6.07, 6.45) is 2.35. The van der Waals surface area contributed by atoms with E-state index in [4.69, 9.17) is 16.0 Å². The van der Waals surface area contributed by atoms with Gasteiger partial charge in [-0.05, 0) is 49.7 Å². The number of halogens is 1. The van der Waals surface area contributed by atoms with E-state index in [9.17, 15) is 0 Å². The molecule has 18 heavy (non-hydrogen) atoms. The number of hydrogen-bond donors (Lipinski definition) is 1. The topological polar surface area (TPSA) is 25.2 Å². The van der Waals surface area contributed by atoms with Gasteiger partial charge in [-0.15, -0.1) is 0 Å². The molecule has 1 aromatic carbocycles. The van der Waals surface area contributed by atoms with Gasteiger partial charge in [0, 0.05) is 16.3 Å². The van der Waals surface area contributed by atoms with Crippen LogP contribution in [-0.4, -0.2) is 13.1 Å². The second-order valence-electron chi connectivity index (χ2n) is 5.10. The van der Waals surface area contributed by atoms with Gasteiger partial charge in [0.1, 0.15) is 11.3 Å². The van der Waals surface area contributed by atoms with Crippen LogP contribution in [0.15, 0.2) is 28.7 Å². The third-order valence-electron chi connectivity index (χ3n) is 3.99. The molecule has 2 nitrogen and oxygen atoms in total. The minimum absolute atomic E-state index is 0.544. The quantitative estimate of drug-likeness (QED) is 0.879. The first kappa shape index (κ1) is 12.1. The maximum absolute atomic E-state index is 6.02. The number of piperidine rings is 1. The van der Waals surface area contributed by atoms with Gasteiger partial charge in [0.2, 0.25) is 0 Å². The highest BCUT2D eigenvalue weighted by molar-refractivity contribution is 6.31. The standard InChI is InChI=1S/C15H18ClNO/c1-2-10-9-17-6-5-13(10)15-8-11-7-12(16)3-4-14(11)18-15/h3-4,7-8,10,13,17H,2,5-6,9H2,1H3. The van der Waals surface area contributed by atoms with Crippen molar-refractivity contribution in [2.45, 2.75) is 25.7 Å². The largest absolute Gasteiger partial charge is 0.461 e. The van der Waals surface area contributed by atoms with Gasteiger partial charge in [0.05, 0.1) is 0 Å². The number of benzene rings is 1. The molecule has 0 amide bonds. The van der Waals surface area contributed by atoms with E-state index in [0.717, 1.165) is 41.3 Å². The maximum Gasteiger partial charge on any atom is 0.134 e. The Bertz CT molecular complexity index is 548. The molecule has 3 rings (SSSR count). The minimum Gasteiger partial charge on any atom is -0.461 e. The molecule has 2 atom stereocenters. The molecule has 96 valence electrons. The normalized spacial score (nSPS) is 24.6. The van der Waals surface area contributed by atoms with Crippen LogP contribution in [0.2, 0.25) is 5.02 Å². The van der Waals surface area contributed by atoms with E-state index < -0.39 is 0 Å². The predicted octanol–water partition coefficient (Wildman–Crippen LogP) is 4.19. The van der Waals surface area contributed by atoms with Gasteiger partial charge < -0.3 is 9.73 Å². The zero-order chi connectivity index (χ0) is 12.5. The molecule has 1 N–H and O–H groups in total. The van der Waals surface area contributed by atoms with Crippen molar-refractivity contribution in [1.29, 1.82) is 0 Å². The Labute approximate surface area is 112 Å². The lowest BCUT2D eigenvalue weighted by molar-refractivity contribution is 0.286. The first-order valence-corrected chi connectivity index (χ1v) is 7.05. The Balaban J connectivity index is 1.97. The summed E-state index contributed by atoms with van der Waals surface area (Å²) in [7, 11) is 0. The second-order valence-corrected chi connectivity index (χ2v) is 5.53. The average molecular weight is 264 g/mol. The van der Waals surface area contributed by atoms with Crippen LogP contribution in [-0.2, 0) is 0 Å². The highest BCUT2D eigenvalue weighted by atomic mass is 35.5. The van der Waals surface area contributed by atoms with E-state index in [1.807, 2.05) is 18.2 Å². The molecule has 0 saturated carbocycles. The Morgan fingerprint density at radius 3 is 3.11 bits per heavy atom. The van der Waals surface area contributed by atoms with Crippen molar-refractivity contribution in [2.75, 3.05) is 13.1 Å². The van der Waals surface area contributed by atoms with Crippen LogP contribution in [0.4, 0.5) is 0 Å². The maximum atomic E-state index is 6.02. The van der Waals surface area contributed by atoms with E-state index in [0.29, 0.717) is 11.8 Å². The molecule has 3 heteroatoms. The molecule has 0 spiro atoms. The van der Waals surface area contributed by atoms with E-state index in [1.165, 1.54) is 6.42 Å². The summed E-state index contributed by atoms with van der Waals surface area (Å²) in [6, 6.07) is 7.99. The van der Waals surface area contributed by atoms with Gasteiger partial charge in [-0.3, -0.25) is 0 Å². The number of fused-ring (bicyclic) bond motifs is 1. The fourth-order valence-corrected chi connectivity index (χ4v) is 3.12. The van der Waals surface area contributed by atoms with Crippen LogP contribution < -0.4 is 5.32 Å². The zero-order valence-electron chi connectivity index (χ0n) is 10.6. The Morgan fingerprint density at radius 1 is 1.39 bits per heavy atom. The van der Waals surface area contributed by atoms with Crippen molar-refractivity contribution in [3.63, 3.8) is 0 Å². The lowest BCUT2D eigenvalue weighted by Gasteiger charge is -2.29.